The van der Waals surface area contributed by atoms with Crippen LogP contribution in [-0.2, 0) is 4.79 Å². The Bertz CT molecular complexity index is 439. The molecule has 0 unspecified atom stereocenters. The summed E-state index contributed by atoms with van der Waals surface area (Å²) in [5.74, 6) is 1.66. The number of aromatic nitrogens is 2. The van der Waals surface area contributed by atoms with E-state index in [2.05, 4.69) is 27.5 Å². The number of hydrogen-bond donors (Lipinski definition) is 2. The number of nitrogens with zero attached hydrogens (tertiary/aromatic N) is 3. The summed E-state index contributed by atoms with van der Waals surface area (Å²) in [6.07, 6.45) is 2.42. The van der Waals surface area contributed by atoms with E-state index in [1.807, 2.05) is 6.92 Å². The smallest absolute Gasteiger partial charge is 0.241 e. The molecule has 0 atom stereocenters. The first-order valence-electron chi connectivity index (χ1n) is 6.74. The highest BCUT2D eigenvalue weighted by atomic mass is 16.5. The molecule has 0 spiro atoms. The summed E-state index contributed by atoms with van der Waals surface area (Å²) in [4.78, 5) is 21.7. The lowest BCUT2D eigenvalue weighted by Gasteiger charge is -2.17. The minimum Gasteiger partial charge on any atom is -0.490 e. The van der Waals surface area contributed by atoms with Gasteiger partial charge < -0.3 is 20.3 Å². The molecule has 20 heavy (non-hydrogen) atoms. The van der Waals surface area contributed by atoms with Gasteiger partial charge in [0.1, 0.15) is 6.33 Å². The quantitative estimate of drug-likeness (QED) is 0.745. The van der Waals surface area contributed by atoms with Crippen molar-refractivity contribution in [2.45, 2.75) is 20.3 Å². The highest BCUT2D eigenvalue weighted by Crippen LogP contribution is 2.28. The maximum atomic E-state index is 11.8. The molecule has 0 saturated heterocycles. The Morgan fingerprint density at radius 1 is 1.30 bits per heavy atom. The summed E-state index contributed by atoms with van der Waals surface area (Å²) in [7, 11) is 3.32. The molecule has 1 amide bonds. The van der Waals surface area contributed by atoms with Crippen LogP contribution in [0, 0.1) is 0 Å². The van der Waals surface area contributed by atoms with Crippen molar-refractivity contribution in [2.24, 2.45) is 0 Å². The fourth-order valence-electron chi connectivity index (χ4n) is 1.53. The zero-order valence-corrected chi connectivity index (χ0v) is 12.6. The van der Waals surface area contributed by atoms with Crippen LogP contribution >= 0.6 is 0 Å². The number of nitrogens with one attached hydrogen (secondary N) is 2. The molecule has 112 valence electrons. The maximum Gasteiger partial charge on any atom is 0.241 e. The van der Waals surface area contributed by atoms with E-state index in [0.29, 0.717) is 23.9 Å². The zero-order valence-electron chi connectivity index (χ0n) is 12.6. The van der Waals surface area contributed by atoms with E-state index in [1.54, 1.807) is 19.1 Å². The molecular weight excluding hydrogens is 258 g/mol. The number of hydrogen-bond acceptors (Lipinski definition) is 6. The van der Waals surface area contributed by atoms with E-state index in [1.165, 1.54) is 6.33 Å². The van der Waals surface area contributed by atoms with Crippen molar-refractivity contribution in [1.29, 1.82) is 0 Å². The van der Waals surface area contributed by atoms with Gasteiger partial charge in [0.05, 0.1) is 13.7 Å². The number of likely N-dealkylation sites (N-methyl/N-ethyl adjacent to an activating group) is 1. The summed E-state index contributed by atoms with van der Waals surface area (Å²) in [5, 5.41) is 6.15. The molecule has 1 heterocycles. The van der Waals surface area contributed by atoms with Crippen molar-refractivity contribution in [3.8, 4) is 5.75 Å². The molecule has 2 N–H and O–H groups in total. The van der Waals surface area contributed by atoms with Gasteiger partial charge in [0.15, 0.2) is 11.6 Å². The normalized spacial score (nSPS) is 10.0. The molecule has 1 rings (SSSR count). The standard InChI is InChI=1S/C13H23N5O2/c1-5-7-14-12-11(20-4)13(17-9-16-12)15-8-10(19)18(3)6-2/h9H,5-8H2,1-4H3,(H2,14,15,16,17). The number of ether oxygens (including phenoxy) is 1. The Labute approximate surface area is 119 Å². The topological polar surface area (TPSA) is 79.4 Å². The largest absolute Gasteiger partial charge is 0.490 e. The lowest BCUT2D eigenvalue weighted by atomic mass is 10.4. The van der Waals surface area contributed by atoms with Gasteiger partial charge in [-0.2, -0.15) is 0 Å². The zero-order chi connectivity index (χ0) is 15.0. The van der Waals surface area contributed by atoms with Gasteiger partial charge in [0, 0.05) is 20.1 Å². The number of rotatable bonds is 8. The van der Waals surface area contributed by atoms with Crippen molar-refractivity contribution in [3.05, 3.63) is 6.33 Å². The van der Waals surface area contributed by atoms with Crippen LogP contribution < -0.4 is 15.4 Å². The van der Waals surface area contributed by atoms with Crippen LogP contribution in [0.5, 0.6) is 5.75 Å². The number of amides is 1. The average Bonchev–Trinajstić information content (AvgIpc) is 2.49. The van der Waals surface area contributed by atoms with E-state index < -0.39 is 0 Å². The minimum absolute atomic E-state index is 0.00349. The van der Waals surface area contributed by atoms with Crippen LogP contribution in [0.15, 0.2) is 6.33 Å². The van der Waals surface area contributed by atoms with Gasteiger partial charge >= 0.3 is 0 Å². The third kappa shape index (κ3) is 4.25. The highest BCUT2D eigenvalue weighted by Gasteiger charge is 2.13. The molecule has 0 aliphatic heterocycles. The van der Waals surface area contributed by atoms with E-state index in [4.69, 9.17) is 4.74 Å². The lowest BCUT2D eigenvalue weighted by molar-refractivity contribution is -0.127. The number of anilines is 2. The van der Waals surface area contributed by atoms with Gasteiger partial charge in [0.25, 0.3) is 0 Å². The Kier molecular flexibility index (Phi) is 6.55. The Balaban J connectivity index is 2.76. The second-order valence-corrected chi connectivity index (χ2v) is 4.29. The van der Waals surface area contributed by atoms with Crippen molar-refractivity contribution in [1.82, 2.24) is 14.9 Å². The molecule has 0 bridgehead atoms. The van der Waals surface area contributed by atoms with E-state index in [0.717, 1.165) is 13.0 Å². The van der Waals surface area contributed by atoms with Crippen LogP contribution in [0.3, 0.4) is 0 Å². The first-order chi connectivity index (χ1) is 9.63. The molecule has 0 fully saturated rings. The lowest BCUT2D eigenvalue weighted by Crippen LogP contribution is -2.32. The molecule has 0 radical (unpaired) electrons. The van der Waals surface area contributed by atoms with Gasteiger partial charge in [-0.25, -0.2) is 9.97 Å². The molecule has 7 heteroatoms. The van der Waals surface area contributed by atoms with Crippen LogP contribution in [0.4, 0.5) is 11.6 Å². The molecule has 0 saturated carbocycles. The fourth-order valence-corrected chi connectivity index (χ4v) is 1.53. The fraction of sp³-hybridized carbons (Fsp3) is 0.615. The van der Waals surface area contributed by atoms with E-state index >= 15 is 0 Å². The SMILES string of the molecule is CCCNc1ncnc(NCC(=O)N(C)CC)c1OC. The molecule has 0 aromatic carbocycles. The third-order valence-electron chi connectivity index (χ3n) is 2.86. The van der Waals surface area contributed by atoms with Crippen LogP contribution in [0.1, 0.15) is 20.3 Å². The summed E-state index contributed by atoms with van der Waals surface area (Å²) in [6.45, 7) is 5.63. The summed E-state index contributed by atoms with van der Waals surface area (Å²) in [5.41, 5.74) is 0. The number of methoxy groups -OCH3 is 1. The number of carbonyl (C=O) groups is 1. The monoisotopic (exact) mass is 281 g/mol. The molecule has 0 aliphatic rings. The van der Waals surface area contributed by atoms with Crippen molar-refractivity contribution >= 4 is 17.5 Å². The van der Waals surface area contributed by atoms with Gasteiger partial charge in [-0.3, -0.25) is 4.79 Å². The number of carbonyl (C=O) groups excluding carboxylic acids is 1. The first kappa shape index (κ1) is 16.0. The Morgan fingerprint density at radius 2 is 1.95 bits per heavy atom. The second kappa shape index (κ2) is 8.19. The molecule has 0 aliphatic carbocycles. The molecule has 7 nitrogen and oxygen atoms in total. The first-order valence-corrected chi connectivity index (χ1v) is 6.74. The second-order valence-electron chi connectivity index (χ2n) is 4.29. The van der Waals surface area contributed by atoms with Gasteiger partial charge in [0.2, 0.25) is 11.7 Å². The average molecular weight is 281 g/mol. The van der Waals surface area contributed by atoms with Gasteiger partial charge in [-0.05, 0) is 13.3 Å². The van der Waals surface area contributed by atoms with Crippen molar-refractivity contribution in [3.63, 3.8) is 0 Å². The predicted octanol–water partition coefficient (Wildman–Crippen LogP) is 1.20. The molecular formula is C13H23N5O2. The Morgan fingerprint density at radius 3 is 2.50 bits per heavy atom. The molecule has 1 aromatic heterocycles. The van der Waals surface area contributed by atoms with Crippen LogP contribution in [-0.4, -0.2) is 54.6 Å². The van der Waals surface area contributed by atoms with Crippen molar-refractivity contribution in [2.75, 3.05) is 44.4 Å². The van der Waals surface area contributed by atoms with Crippen LogP contribution in [0.2, 0.25) is 0 Å². The van der Waals surface area contributed by atoms with Gasteiger partial charge in [-0.15, -0.1) is 0 Å². The van der Waals surface area contributed by atoms with E-state index in [-0.39, 0.29) is 12.5 Å². The minimum atomic E-state index is -0.00349. The Hall–Kier alpha value is -2.05. The molecule has 1 aromatic rings. The third-order valence-corrected chi connectivity index (χ3v) is 2.86. The van der Waals surface area contributed by atoms with Crippen LogP contribution in [0.25, 0.3) is 0 Å². The van der Waals surface area contributed by atoms with Crippen molar-refractivity contribution < 1.29 is 9.53 Å². The summed E-state index contributed by atoms with van der Waals surface area (Å²) >= 11 is 0. The summed E-state index contributed by atoms with van der Waals surface area (Å²) < 4.78 is 5.32. The van der Waals surface area contributed by atoms with Gasteiger partial charge in [-0.1, -0.05) is 6.92 Å². The maximum absolute atomic E-state index is 11.8. The highest BCUT2D eigenvalue weighted by molar-refractivity contribution is 5.81. The van der Waals surface area contributed by atoms with E-state index in [9.17, 15) is 4.79 Å². The summed E-state index contributed by atoms with van der Waals surface area (Å²) in [6, 6.07) is 0. The predicted molar refractivity (Wildman–Crippen MR) is 79.2 cm³/mol.